The van der Waals surface area contributed by atoms with Gasteiger partial charge in [0, 0.05) is 25.7 Å². The van der Waals surface area contributed by atoms with Crippen LogP contribution in [0.2, 0.25) is 0 Å². The lowest BCUT2D eigenvalue weighted by molar-refractivity contribution is -0.161. The van der Waals surface area contributed by atoms with Crippen molar-refractivity contribution in [3.8, 4) is 0 Å². The van der Waals surface area contributed by atoms with Gasteiger partial charge in [-0.2, -0.15) is 0 Å². The van der Waals surface area contributed by atoms with Gasteiger partial charge in [0.05, 0.1) is 26.4 Å². The van der Waals surface area contributed by atoms with E-state index in [9.17, 15) is 43.2 Å². The number of aliphatic hydroxyl groups is 1. The molecule has 0 heterocycles. The number of carbonyl (C=O) groups excluding carboxylic acids is 4. The number of phosphoric acid groups is 2. The molecule has 0 aromatic carbocycles. The molecule has 534 valence electrons. The van der Waals surface area contributed by atoms with E-state index in [0.29, 0.717) is 37.5 Å². The summed E-state index contributed by atoms with van der Waals surface area (Å²) >= 11 is 0. The van der Waals surface area contributed by atoms with Crippen molar-refractivity contribution in [3.05, 3.63) is 0 Å². The molecule has 19 heteroatoms. The highest BCUT2D eigenvalue weighted by Crippen LogP contribution is 2.45. The van der Waals surface area contributed by atoms with E-state index in [4.69, 9.17) is 37.0 Å². The van der Waals surface area contributed by atoms with Crippen LogP contribution in [-0.4, -0.2) is 96.7 Å². The molecule has 0 amide bonds. The minimum Gasteiger partial charge on any atom is -0.462 e. The fourth-order valence-electron chi connectivity index (χ4n) is 10.7. The summed E-state index contributed by atoms with van der Waals surface area (Å²) in [6, 6.07) is 0. The van der Waals surface area contributed by atoms with Crippen LogP contribution in [0.5, 0.6) is 0 Å². The second kappa shape index (κ2) is 60.7. The van der Waals surface area contributed by atoms with Gasteiger partial charge in [0.1, 0.15) is 19.3 Å². The summed E-state index contributed by atoms with van der Waals surface area (Å²) in [6.07, 6.45) is 43.3. The van der Waals surface area contributed by atoms with Crippen molar-refractivity contribution in [1.82, 2.24) is 0 Å². The van der Waals surface area contributed by atoms with Gasteiger partial charge in [-0.25, -0.2) is 9.13 Å². The number of hydrogen-bond donors (Lipinski definition) is 3. The monoisotopic (exact) mass is 1320 g/mol. The number of unbranched alkanes of at least 4 members (excludes halogenated alkanes) is 34. The molecule has 5 atom stereocenters. The fraction of sp³-hybridized carbons (Fsp3) is 0.944. The van der Waals surface area contributed by atoms with Crippen molar-refractivity contribution in [2.45, 2.75) is 369 Å². The summed E-state index contributed by atoms with van der Waals surface area (Å²) in [5.41, 5.74) is 0. The van der Waals surface area contributed by atoms with E-state index in [-0.39, 0.29) is 25.7 Å². The maximum Gasteiger partial charge on any atom is 0.472 e. The SMILES string of the molecule is CC(C)CCCCCCCCCCCCCCCCC(=O)OC[C@H](COP(=O)(O)OCC(O)COP(=O)(O)OC[C@@H](COC(=O)CCCCCCCCCC(C)C)OC(=O)CCCCCCCCC(C)C)OC(=O)CCCCCCCCCCCCCC(C)C. The van der Waals surface area contributed by atoms with Gasteiger partial charge in [0.25, 0.3) is 0 Å². The molecule has 0 aromatic rings. The second-order valence-electron chi connectivity index (χ2n) is 27.5. The molecule has 90 heavy (non-hydrogen) atoms. The van der Waals surface area contributed by atoms with Crippen molar-refractivity contribution in [1.29, 1.82) is 0 Å². The Labute approximate surface area is 549 Å². The Morgan fingerprint density at radius 1 is 0.278 bits per heavy atom. The van der Waals surface area contributed by atoms with Gasteiger partial charge in [-0.05, 0) is 49.4 Å². The Kier molecular flexibility index (Phi) is 59.4. The van der Waals surface area contributed by atoms with Crippen LogP contribution in [0.25, 0.3) is 0 Å². The molecule has 17 nitrogen and oxygen atoms in total. The number of phosphoric ester groups is 2. The van der Waals surface area contributed by atoms with Gasteiger partial charge >= 0.3 is 39.5 Å². The van der Waals surface area contributed by atoms with Crippen molar-refractivity contribution in [2.75, 3.05) is 39.6 Å². The van der Waals surface area contributed by atoms with Gasteiger partial charge in [-0.1, -0.05) is 299 Å². The Morgan fingerprint density at radius 3 is 0.689 bits per heavy atom. The molecule has 0 spiro atoms. The standard InChI is InChI=1S/C71H138O17P2/c1-61(2)47-39-31-23-18-14-11-9-10-12-16-20-26-35-43-51-68(73)81-57-66(87-70(75)53-45-37-27-21-17-13-15-19-24-32-40-48-62(3)4)59-85-89(77,78)83-55-65(72)56-84-90(79,80)86-60-67(88-71(76)54-46-38-30-29-34-42-50-64(7)8)58-82-69(74)52-44-36-28-22-25-33-41-49-63(5)6/h61-67,72H,9-60H2,1-8H3,(H,77,78)(H,79,80)/t65?,66-,67-/m1/s1. The number of hydrogen-bond acceptors (Lipinski definition) is 15. The van der Waals surface area contributed by atoms with Crippen LogP contribution in [0, 0.1) is 23.7 Å². The van der Waals surface area contributed by atoms with Gasteiger partial charge in [-0.3, -0.25) is 37.3 Å². The summed E-state index contributed by atoms with van der Waals surface area (Å²) in [7, 11) is -9.90. The van der Waals surface area contributed by atoms with Gasteiger partial charge in [0.15, 0.2) is 12.2 Å². The lowest BCUT2D eigenvalue weighted by Gasteiger charge is -2.21. The molecule has 3 N–H and O–H groups in total. The molecule has 0 aliphatic carbocycles. The van der Waals surface area contributed by atoms with Gasteiger partial charge < -0.3 is 33.8 Å². The summed E-state index contributed by atoms with van der Waals surface area (Å²) in [4.78, 5) is 72.5. The van der Waals surface area contributed by atoms with E-state index in [1.165, 1.54) is 148 Å². The molecule has 0 rings (SSSR count). The Bertz CT molecular complexity index is 1780. The Balaban J connectivity index is 5.22. The highest BCUT2D eigenvalue weighted by molar-refractivity contribution is 7.47. The second-order valence-corrected chi connectivity index (χ2v) is 30.4. The van der Waals surface area contributed by atoms with E-state index < -0.39 is 97.5 Å². The van der Waals surface area contributed by atoms with E-state index in [0.717, 1.165) is 108 Å². The number of carbonyl (C=O) groups is 4. The molecule has 0 saturated heterocycles. The van der Waals surface area contributed by atoms with Crippen LogP contribution in [0.4, 0.5) is 0 Å². The maximum atomic E-state index is 13.0. The molecule has 0 saturated carbocycles. The quantitative estimate of drug-likeness (QED) is 0.0222. The summed E-state index contributed by atoms with van der Waals surface area (Å²) in [6.45, 7) is 14.0. The molecular formula is C71H138O17P2. The largest absolute Gasteiger partial charge is 0.472 e. The van der Waals surface area contributed by atoms with E-state index in [1.807, 2.05) is 0 Å². The number of ether oxygens (including phenoxy) is 4. The summed E-state index contributed by atoms with van der Waals surface area (Å²) < 4.78 is 68.2. The summed E-state index contributed by atoms with van der Waals surface area (Å²) in [5, 5.41) is 10.6. The first-order valence-electron chi connectivity index (χ1n) is 36.7. The van der Waals surface area contributed by atoms with Crippen molar-refractivity contribution in [2.24, 2.45) is 23.7 Å². The molecule has 0 fully saturated rings. The maximum absolute atomic E-state index is 13.0. The Morgan fingerprint density at radius 2 is 0.467 bits per heavy atom. The molecule has 0 aromatic heterocycles. The zero-order chi connectivity index (χ0) is 66.8. The molecular weight excluding hydrogens is 1190 g/mol. The first-order chi connectivity index (χ1) is 43.1. The van der Waals surface area contributed by atoms with Crippen molar-refractivity contribution in [3.63, 3.8) is 0 Å². The van der Waals surface area contributed by atoms with E-state index >= 15 is 0 Å². The van der Waals surface area contributed by atoms with Gasteiger partial charge in [0.2, 0.25) is 0 Å². The normalized spacial score (nSPS) is 14.3. The number of rotatable bonds is 68. The van der Waals surface area contributed by atoms with Gasteiger partial charge in [-0.15, -0.1) is 0 Å². The molecule has 0 radical (unpaired) electrons. The topological polar surface area (TPSA) is 237 Å². The molecule has 0 aliphatic heterocycles. The lowest BCUT2D eigenvalue weighted by atomic mass is 10.0. The third-order valence-corrected chi connectivity index (χ3v) is 18.2. The van der Waals surface area contributed by atoms with Crippen LogP contribution in [0.3, 0.4) is 0 Å². The fourth-order valence-corrected chi connectivity index (χ4v) is 12.2. The minimum atomic E-state index is -4.95. The third-order valence-electron chi connectivity index (χ3n) is 16.3. The van der Waals surface area contributed by atoms with E-state index in [2.05, 4.69) is 55.4 Å². The predicted molar refractivity (Wildman–Crippen MR) is 363 cm³/mol. The highest BCUT2D eigenvalue weighted by Gasteiger charge is 2.30. The van der Waals surface area contributed by atoms with Crippen LogP contribution in [0.1, 0.15) is 351 Å². The number of esters is 4. The summed E-state index contributed by atoms with van der Waals surface area (Å²) in [5.74, 6) is 0.806. The molecule has 0 bridgehead atoms. The average Bonchev–Trinajstić information content (AvgIpc) is 3.02. The first kappa shape index (κ1) is 88.1. The molecule has 3 unspecified atom stereocenters. The number of aliphatic hydroxyl groups excluding tert-OH is 1. The predicted octanol–water partition coefficient (Wildman–Crippen LogP) is 20.1. The van der Waals surface area contributed by atoms with E-state index in [1.54, 1.807) is 0 Å². The first-order valence-corrected chi connectivity index (χ1v) is 39.7. The van der Waals surface area contributed by atoms with Crippen molar-refractivity contribution >= 4 is 39.5 Å². The lowest BCUT2D eigenvalue weighted by Crippen LogP contribution is -2.30. The highest BCUT2D eigenvalue weighted by atomic mass is 31.2. The van der Waals surface area contributed by atoms with Crippen LogP contribution >= 0.6 is 15.6 Å². The van der Waals surface area contributed by atoms with Crippen molar-refractivity contribution < 1.29 is 80.2 Å². The molecule has 0 aliphatic rings. The zero-order valence-corrected chi connectivity index (χ0v) is 60.6. The zero-order valence-electron chi connectivity index (χ0n) is 58.8. The smallest absolute Gasteiger partial charge is 0.462 e. The van der Waals surface area contributed by atoms with Crippen LogP contribution < -0.4 is 0 Å². The Hall–Kier alpha value is -1.94. The van der Waals surface area contributed by atoms with Crippen LogP contribution in [0.15, 0.2) is 0 Å². The third kappa shape index (κ3) is 64.8. The van der Waals surface area contributed by atoms with Crippen LogP contribution in [-0.2, 0) is 65.4 Å². The minimum absolute atomic E-state index is 0.101. The average molecular weight is 1330 g/mol.